The summed E-state index contributed by atoms with van der Waals surface area (Å²) in [7, 11) is 4.62. The third kappa shape index (κ3) is 6.82. The lowest BCUT2D eigenvalue weighted by Gasteiger charge is -2.19. The SMILES string of the molecule is COc1cc(CNC(=O)C(CCSC)NC(=O)c2cccc(C)c2)cc(OC)c1OC. The zero-order chi connectivity index (χ0) is 22.8. The van der Waals surface area contributed by atoms with Crippen molar-refractivity contribution in [3.63, 3.8) is 0 Å². The van der Waals surface area contributed by atoms with Crippen molar-refractivity contribution >= 4 is 23.6 Å². The smallest absolute Gasteiger partial charge is 0.251 e. The van der Waals surface area contributed by atoms with E-state index in [0.717, 1.165) is 16.9 Å². The second-order valence-electron chi connectivity index (χ2n) is 6.93. The van der Waals surface area contributed by atoms with Crippen LogP contribution in [0.4, 0.5) is 0 Å². The highest BCUT2D eigenvalue weighted by Crippen LogP contribution is 2.38. The van der Waals surface area contributed by atoms with Gasteiger partial charge in [-0.15, -0.1) is 0 Å². The van der Waals surface area contributed by atoms with Crippen LogP contribution >= 0.6 is 11.8 Å². The molecule has 0 aliphatic heterocycles. The number of hydrogen-bond acceptors (Lipinski definition) is 6. The standard InChI is InChI=1S/C23H30N2O5S/c1-15-7-6-8-17(11-15)22(26)25-18(9-10-31-5)23(27)24-14-16-12-19(28-2)21(30-4)20(13-16)29-3/h6-8,11-13,18H,9-10,14H2,1-5H3,(H,24,27)(H,25,26). The largest absolute Gasteiger partial charge is 0.493 e. The van der Waals surface area contributed by atoms with E-state index in [2.05, 4.69) is 10.6 Å². The molecule has 0 heterocycles. The van der Waals surface area contributed by atoms with Crippen LogP contribution in [0.3, 0.4) is 0 Å². The molecule has 0 bridgehead atoms. The first kappa shape index (κ1) is 24.4. The van der Waals surface area contributed by atoms with Gasteiger partial charge in [-0.05, 0) is 55.2 Å². The number of benzene rings is 2. The zero-order valence-electron chi connectivity index (χ0n) is 18.6. The molecule has 0 saturated carbocycles. The summed E-state index contributed by atoms with van der Waals surface area (Å²) in [6.45, 7) is 2.18. The third-order valence-electron chi connectivity index (χ3n) is 4.70. The summed E-state index contributed by atoms with van der Waals surface area (Å²) in [6, 6.07) is 10.2. The maximum absolute atomic E-state index is 12.9. The molecular formula is C23H30N2O5S. The van der Waals surface area contributed by atoms with Gasteiger partial charge in [0.25, 0.3) is 5.91 Å². The first-order valence-electron chi connectivity index (χ1n) is 9.86. The summed E-state index contributed by atoms with van der Waals surface area (Å²) in [6.07, 6.45) is 2.49. The van der Waals surface area contributed by atoms with Crippen LogP contribution in [0, 0.1) is 6.92 Å². The lowest BCUT2D eigenvalue weighted by Crippen LogP contribution is -2.46. The Kier molecular flexibility index (Phi) is 9.52. The number of hydrogen-bond donors (Lipinski definition) is 2. The second-order valence-corrected chi connectivity index (χ2v) is 7.91. The molecule has 0 spiro atoms. The molecule has 0 aliphatic carbocycles. The molecule has 0 radical (unpaired) electrons. The van der Waals surface area contributed by atoms with Gasteiger partial charge in [0.2, 0.25) is 11.7 Å². The highest BCUT2D eigenvalue weighted by molar-refractivity contribution is 7.98. The number of rotatable bonds is 11. The summed E-state index contributed by atoms with van der Waals surface area (Å²) in [5.74, 6) is 1.75. The van der Waals surface area contributed by atoms with Crippen molar-refractivity contribution in [2.75, 3.05) is 33.3 Å². The van der Waals surface area contributed by atoms with E-state index in [9.17, 15) is 9.59 Å². The van der Waals surface area contributed by atoms with Gasteiger partial charge < -0.3 is 24.8 Å². The predicted octanol–water partition coefficient (Wildman–Crippen LogP) is 3.19. The van der Waals surface area contributed by atoms with E-state index in [1.165, 1.54) is 7.11 Å². The molecule has 31 heavy (non-hydrogen) atoms. The van der Waals surface area contributed by atoms with Crippen molar-refractivity contribution < 1.29 is 23.8 Å². The number of methoxy groups -OCH3 is 3. The first-order valence-corrected chi connectivity index (χ1v) is 11.3. The molecule has 2 N–H and O–H groups in total. The van der Waals surface area contributed by atoms with Gasteiger partial charge in [-0.3, -0.25) is 9.59 Å². The highest BCUT2D eigenvalue weighted by Gasteiger charge is 2.21. The minimum atomic E-state index is -0.637. The summed E-state index contributed by atoms with van der Waals surface area (Å²) in [4.78, 5) is 25.5. The Morgan fingerprint density at radius 3 is 2.26 bits per heavy atom. The van der Waals surface area contributed by atoms with E-state index in [0.29, 0.717) is 29.2 Å². The monoisotopic (exact) mass is 446 g/mol. The van der Waals surface area contributed by atoms with Crippen molar-refractivity contribution in [1.82, 2.24) is 10.6 Å². The van der Waals surface area contributed by atoms with Crippen molar-refractivity contribution in [2.24, 2.45) is 0 Å². The second kappa shape index (κ2) is 12.1. The highest BCUT2D eigenvalue weighted by atomic mass is 32.2. The number of carbonyl (C=O) groups excluding carboxylic acids is 2. The van der Waals surface area contributed by atoms with Gasteiger partial charge in [0.15, 0.2) is 11.5 Å². The number of nitrogens with one attached hydrogen (secondary N) is 2. The van der Waals surface area contributed by atoms with Crippen molar-refractivity contribution in [3.05, 3.63) is 53.1 Å². The minimum absolute atomic E-state index is 0.246. The van der Waals surface area contributed by atoms with Crippen LogP contribution in [-0.2, 0) is 11.3 Å². The quantitative estimate of drug-likeness (QED) is 0.551. The van der Waals surface area contributed by atoms with Crippen LogP contribution in [0.2, 0.25) is 0 Å². The maximum Gasteiger partial charge on any atom is 0.251 e. The van der Waals surface area contributed by atoms with E-state index >= 15 is 0 Å². The van der Waals surface area contributed by atoms with E-state index < -0.39 is 6.04 Å². The van der Waals surface area contributed by atoms with E-state index in [1.807, 2.05) is 25.3 Å². The fraction of sp³-hybridized carbons (Fsp3) is 0.391. The van der Waals surface area contributed by atoms with E-state index in [4.69, 9.17) is 14.2 Å². The molecular weight excluding hydrogens is 416 g/mol. The van der Waals surface area contributed by atoms with Crippen molar-refractivity contribution in [2.45, 2.75) is 25.9 Å². The summed E-state index contributed by atoms with van der Waals surface area (Å²) in [5.41, 5.74) is 2.31. The topological polar surface area (TPSA) is 85.9 Å². The van der Waals surface area contributed by atoms with Crippen molar-refractivity contribution in [1.29, 1.82) is 0 Å². The van der Waals surface area contributed by atoms with Gasteiger partial charge >= 0.3 is 0 Å². The van der Waals surface area contributed by atoms with E-state index in [-0.39, 0.29) is 18.4 Å². The van der Waals surface area contributed by atoms with Gasteiger partial charge in [0.05, 0.1) is 21.3 Å². The van der Waals surface area contributed by atoms with Gasteiger partial charge in [0.1, 0.15) is 6.04 Å². The Balaban J connectivity index is 2.11. The van der Waals surface area contributed by atoms with E-state index in [1.54, 1.807) is 50.2 Å². The normalized spacial score (nSPS) is 11.4. The van der Waals surface area contributed by atoms with Gasteiger partial charge in [-0.25, -0.2) is 0 Å². The minimum Gasteiger partial charge on any atom is -0.493 e. The average molecular weight is 447 g/mol. The van der Waals surface area contributed by atoms with Crippen LogP contribution in [0.1, 0.15) is 27.9 Å². The molecule has 0 saturated heterocycles. The molecule has 8 heteroatoms. The lowest BCUT2D eigenvalue weighted by atomic mass is 10.1. The van der Waals surface area contributed by atoms with Gasteiger partial charge in [0, 0.05) is 12.1 Å². The number of carbonyl (C=O) groups is 2. The molecule has 1 unspecified atom stereocenters. The first-order chi connectivity index (χ1) is 14.9. The number of aryl methyl sites for hydroxylation is 1. The van der Waals surface area contributed by atoms with Gasteiger partial charge in [-0.1, -0.05) is 17.7 Å². The molecule has 2 amide bonds. The molecule has 1 atom stereocenters. The Morgan fingerprint density at radius 1 is 1.03 bits per heavy atom. The van der Waals surface area contributed by atoms with Crippen LogP contribution in [0.15, 0.2) is 36.4 Å². The third-order valence-corrected chi connectivity index (χ3v) is 5.35. The Bertz CT molecular complexity index is 878. The van der Waals surface area contributed by atoms with Gasteiger partial charge in [-0.2, -0.15) is 11.8 Å². The average Bonchev–Trinajstić information content (AvgIpc) is 2.79. The fourth-order valence-electron chi connectivity index (χ4n) is 3.08. The maximum atomic E-state index is 12.9. The fourth-order valence-corrected chi connectivity index (χ4v) is 3.55. The number of amides is 2. The van der Waals surface area contributed by atoms with Crippen LogP contribution < -0.4 is 24.8 Å². The molecule has 0 aromatic heterocycles. The molecule has 7 nitrogen and oxygen atoms in total. The zero-order valence-corrected chi connectivity index (χ0v) is 19.4. The lowest BCUT2D eigenvalue weighted by molar-refractivity contribution is -0.123. The summed E-state index contributed by atoms with van der Waals surface area (Å²) >= 11 is 1.62. The van der Waals surface area contributed by atoms with Crippen LogP contribution in [0.25, 0.3) is 0 Å². The van der Waals surface area contributed by atoms with Crippen LogP contribution in [0.5, 0.6) is 17.2 Å². The molecule has 0 aliphatic rings. The molecule has 2 aromatic rings. The number of thioether (sulfide) groups is 1. The predicted molar refractivity (Wildman–Crippen MR) is 123 cm³/mol. The molecule has 168 valence electrons. The molecule has 2 rings (SSSR count). The Labute approximate surface area is 187 Å². The molecule has 0 fully saturated rings. The molecule has 2 aromatic carbocycles. The number of ether oxygens (including phenoxy) is 3. The van der Waals surface area contributed by atoms with Crippen molar-refractivity contribution in [3.8, 4) is 17.2 Å². The summed E-state index contributed by atoms with van der Waals surface area (Å²) < 4.78 is 16.0. The Morgan fingerprint density at radius 2 is 1.71 bits per heavy atom. The summed E-state index contributed by atoms with van der Waals surface area (Å²) in [5, 5.41) is 5.76. The van der Waals surface area contributed by atoms with Crippen LogP contribution in [-0.4, -0.2) is 51.2 Å². The Hall–Kier alpha value is -2.87.